The number of carbonyl (C=O) groups excluding carboxylic acids is 2. The lowest BCUT2D eigenvalue weighted by atomic mass is 9.95. The van der Waals surface area contributed by atoms with Crippen molar-refractivity contribution >= 4 is 35.0 Å². The van der Waals surface area contributed by atoms with Gasteiger partial charge < -0.3 is 14.8 Å². The zero-order valence-electron chi connectivity index (χ0n) is 24.8. The molecule has 9 heteroatoms. The maximum atomic E-state index is 13.8. The minimum atomic E-state index is -0.663. The van der Waals surface area contributed by atoms with E-state index < -0.39 is 12.0 Å². The third-order valence-electron chi connectivity index (χ3n) is 7.23. The number of fused-ring (bicyclic) bond motifs is 1. The number of aromatic nitrogens is 1. The standard InChI is InChI=1S/C34H33N3O5S/c1-6-41-33(40)30-23(5)35-34-37(31(30)25-13-10-20(2)11-14-25)32(39)28(43-34)18-24-8-7-9-27(17-24)42-19-29(38)36-26-15-12-21(3)22(4)16-26/h7-18,31H,6,19H2,1-5H3,(H,36,38)/b28-18+/t31-/m1/s1. The molecule has 1 aromatic heterocycles. The summed E-state index contributed by atoms with van der Waals surface area (Å²) in [4.78, 5) is 44.5. The van der Waals surface area contributed by atoms with E-state index in [2.05, 4.69) is 10.3 Å². The van der Waals surface area contributed by atoms with Gasteiger partial charge in [-0.3, -0.25) is 14.2 Å². The predicted octanol–water partition coefficient (Wildman–Crippen LogP) is 4.74. The molecule has 0 bridgehead atoms. The highest BCUT2D eigenvalue weighted by molar-refractivity contribution is 7.07. The predicted molar refractivity (Wildman–Crippen MR) is 168 cm³/mol. The van der Waals surface area contributed by atoms with E-state index in [4.69, 9.17) is 9.47 Å². The van der Waals surface area contributed by atoms with Crippen molar-refractivity contribution in [2.24, 2.45) is 4.99 Å². The highest BCUT2D eigenvalue weighted by Gasteiger charge is 2.33. The fourth-order valence-electron chi connectivity index (χ4n) is 4.87. The van der Waals surface area contributed by atoms with Gasteiger partial charge in [0.1, 0.15) is 5.75 Å². The van der Waals surface area contributed by atoms with Crippen LogP contribution in [-0.2, 0) is 14.3 Å². The molecule has 0 fully saturated rings. The van der Waals surface area contributed by atoms with Crippen LogP contribution in [0.25, 0.3) is 6.08 Å². The Balaban J connectivity index is 1.43. The second kappa shape index (κ2) is 12.6. The van der Waals surface area contributed by atoms with Crippen LogP contribution in [0.2, 0.25) is 0 Å². The first-order chi connectivity index (χ1) is 20.6. The molecule has 220 valence electrons. The third-order valence-corrected chi connectivity index (χ3v) is 8.21. The number of rotatable bonds is 8. The third kappa shape index (κ3) is 6.52. The number of thiazole rings is 1. The van der Waals surface area contributed by atoms with Crippen molar-refractivity contribution < 1.29 is 19.1 Å². The summed E-state index contributed by atoms with van der Waals surface area (Å²) in [7, 11) is 0. The van der Waals surface area contributed by atoms with E-state index in [9.17, 15) is 14.4 Å². The van der Waals surface area contributed by atoms with Gasteiger partial charge in [0.15, 0.2) is 11.4 Å². The highest BCUT2D eigenvalue weighted by Crippen LogP contribution is 2.31. The molecule has 1 aliphatic rings. The average molecular weight is 596 g/mol. The van der Waals surface area contributed by atoms with Crippen molar-refractivity contribution in [3.8, 4) is 5.75 Å². The Morgan fingerprint density at radius 1 is 1.00 bits per heavy atom. The van der Waals surface area contributed by atoms with Crippen LogP contribution in [0.5, 0.6) is 5.75 Å². The molecule has 0 unspecified atom stereocenters. The Hall–Kier alpha value is -4.76. The van der Waals surface area contributed by atoms with Gasteiger partial charge in [0, 0.05) is 5.69 Å². The monoisotopic (exact) mass is 595 g/mol. The van der Waals surface area contributed by atoms with Gasteiger partial charge in [0.05, 0.1) is 28.5 Å². The van der Waals surface area contributed by atoms with E-state index in [1.54, 1.807) is 42.7 Å². The summed E-state index contributed by atoms with van der Waals surface area (Å²) in [5.41, 5.74) is 6.15. The fourth-order valence-corrected chi connectivity index (χ4v) is 5.91. The van der Waals surface area contributed by atoms with Gasteiger partial charge in [-0.15, -0.1) is 0 Å². The van der Waals surface area contributed by atoms with Crippen LogP contribution in [-0.4, -0.2) is 29.7 Å². The van der Waals surface area contributed by atoms with E-state index in [0.717, 1.165) is 27.8 Å². The van der Waals surface area contributed by atoms with Crippen LogP contribution in [0.3, 0.4) is 0 Å². The number of nitrogens with zero attached hydrogens (tertiary/aromatic N) is 2. The molecule has 1 amide bonds. The molecule has 2 heterocycles. The van der Waals surface area contributed by atoms with Crippen molar-refractivity contribution in [2.45, 2.75) is 40.7 Å². The van der Waals surface area contributed by atoms with Gasteiger partial charge in [-0.2, -0.15) is 0 Å². The summed E-state index contributed by atoms with van der Waals surface area (Å²) in [5.74, 6) is -0.268. The Bertz CT molecular complexity index is 1920. The molecule has 0 radical (unpaired) electrons. The zero-order valence-corrected chi connectivity index (χ0v) is 25.6. The first-order valence-corrected chi connectivity index (χ1v) is 14.8. The van der Waals surface area contributed by atoms with Crippen molar-refractivity contribution in [3.05, 3.63) is 126 Å². The molecule has 4 aromatic rings. The second-order valence-corrected chi connectivity index (χ2v) is 11.4. The van der Waals surface area contributed by atoms with Crippen LogP contribution in [0.15, 0.2) is 87.8 Å². The smallest absolute Gasteiger partial charge is 0.338 e. The summed E-state index contributed by atoms with van der Waals surface area (Å²) in [6, 6.07) is 20.0. The minimum Gasteiger partial charge on any atom is -0.484 e. The number of nitrogens with one attached hydrogen (secondary N) is 1. The highest BCUT2D eigenvalue weighted by atomic mass is 32.1. The molecule has 0 spiro atoms. The number of amides is 1. The lowest BCUT2D eigenvalue weighted by Crippen LogP contribution is -2.39. The molecule has 1 aliphatic heterocycles. The first-order valence-electron chi connectivity index (χ1n) is 14.0. The Labute approximate surface area is 253 Å². The summed E-state index contributed by atoms with van der Waals surface area (Å²) in [6.07, 6.45) is 1.77. The molecule has 0 aliphatic carbocycles. The lowest BCUT2D eigenvalue weighted by Gasteiger charge is -2.24. The van der Waals surface area contributed by atoms with E-state index in [1.807, 2.05) is 69.3 Å². The van der Waals surface area contributed by atoms with Crippen molar-refractivity contribution in [1.82, 2.24) is 4.57 Å². The van der Waals surface area contributed by atoms with Crippen LogP contribution in [0, 0.1) is 20.8 Å². The van der Waals surface area contributed by atoms with Crippen LogP contribution >= 0.6 is 11.3 Å². The quantitative estimate of drug-likeness (QED) is 0.297. The number of carbonyl (C=O) groups is 2. The van der Waals surface area contributed by atoms with E-state index >= 15 is 0 Å². The van der Waals surface area contributed by atoms with Crippen LogP contribution < -0.4 is 24.9 Å². The fraction of sp³-hybridized carbons (Fsp3) is 0.235. The summed E-state index contributed by atoms with van der Waals surface area (Å²) in [5, 5.41) is 2.85. The minimum absolute atomic E-state index is 0.162. The van der Waals surface area contributed by atoms with Crippen LogP contribution in [0.4, 0.5) is 5.69 Å². The number of aryl methyl sites for hydroxylation is 3. The van der Waals surface area contributed by atoms with Crippen molar-refractivity contribution in [1.29, 1.82) is 0 Å². The largest absolute Gasteiger partial charge is 0.484 e. The van der Waals surface area contributed by atoms with Crippen LogP contribution in [0.1, 0.15) is 47.7 Å². The number of esters is 1. The molecule has 0 saturated heterocycles. The number of anilines is 1. The molecule has 43 heavy (non-hydrogen) atoms. The summed E-state index contributed by atoms with van der Waals surface area (Å²) in [6.45, 7) is 9.56. The van der Waals surface area contributed by atoms with Crippen molar-refractivity contribution in [3.63, 3.8) is 0 Å². The molecular weight excluding hydrogens is 562 g/mol. The lowest BCUT2D eigenvalue weighted by molar-refractivity contribution is -0.139. The molecule has 1 N–H and O–H groups in total. The molecule has 8 nitrogen and oxygen atoms in total. The first kappa shape index (κ1) is 29.7. The zero-order chi connectivity index (χ0) is 30.7. The van der Waals surface area contributed by atoms with E-state index in [1.165, 1.54) is 11.3 Å². The van der Waals surface area contributed by atoms with Gasteiger partial charge in [-0.1, -0.05) is 59.4 Å². The SMILES string of the molecule is CCOC(=O)C1=C(C)N=c2s/c(=C/c3cccc(OCC(=O)Nc4ccc(C)c(C)c4)c3)c(=O)n2[C@@H]1c1ccc(C)cc1. The van der Waals surface area contributed by atoms with E-state index in [-0.39, 0.29) is 24.7 Å². The Morgan fingerprint density at radius 3 is 2.49 bits per heavy atom. The molecule has 3 aromatic carbocycles. The van der Waals surface area contributed by atoms with Gasteiger partial charge in [0.25, 0.3) is 11.5 Å². The summed E-state index contributed by atoms with van der Waals surface area (Å²) >= 11 is 1.25. The molecule has 5 rings (SSSR count). The topological polar surface area (TPSA) is 99.0 Å². The van der Waals surface area contributed by atoms with Gasteiger partial charge in [0.2, 0.25) is 0 Å². The normalized spacial score (nSPS) is 14.6. The van der Waals surface area contributed by atoms with Crippen molar-refractivity contribution in [2.75, 3.05) is 18.5 Å². The maximum absolute atomic E-state index is 13.8. The number of benzene rings is 3. The Morgan fingerprint density at radius 2 is 1.77 bits per heavy atom. The number of hydrogen-bond donors (Lipinski definition) is 1. The molecular formula is C34H33N3O5S. The Kier molecular flexibility index (Phi) is 8.73. The number of ether oxygens (including phenoxy) is 2. The van der Waals surface area contributed by atoms with Gasteiger partial charge >= 0.3 is 5.97 Å². The summed E-state index contributed by atoms with van der Waals surface area (Å²) < 4.78 is 13.1. The molecule has 1 atom stereocenters. The van der Waals surface area contributed by atoms with Gasteiger partial charge in [-0.05, 0) is 87.2 Å². The number of hydrogen-bond acceptors (Lipinski definition) is 7. The van der Waals surface area contributed by atoms with Gasteiger partial charge in [-0.25, -0.2) is 9.79 Å². The number of allylic oxidation sites excluding steroid dienone is 1. The molecule has 0 saturated carbocycles. The maximum Gasteiger partial charge on any atom is 0.338 e. The van der Waals surface area contributed by atoms with E-state index in [0.29, 0.717) is 32.0 Å². The second-order valence-electron chi connectivity index (χ2n) is 10.4. The average Bonchev–Trinajstić information content (AvgIpc) is 3.27.